The van der Waals surface area contributed by atoms with Gasteiger partial charge in [0.15, 0.2) is 0 Å². The highest BCUT2D eigenvalue weighted by Crippen LogP contribution is 2.25. The topological polar surface area (TPSA) is 62.7 Å². The normalized spacial score (nSPS) is 9.92. The minimum atomic E-state index is 0.573. The molecule has 0 aliphatic carbocycles. The fraction of sp³-hybridized carbons (Fsp3) is 0. The van der Waals surface area contributed by atoms with Gasteiger partial charge in [-0.3, -0.25) is 4.98 Å². The number of fused-ring (bicyclic) bond motifs is 1. The number of rotatable bonds is 0. The van der Waals surface area contributed by atoms with Gasteiger partial charge in [0.25, 0.3) is 0 Å². The maximum Gasteiger partial charge on any atom is 0.104 e. The van der Waals surface area contributed by atoms with Crippen LogP contribution in [0.3, 0.4) is 0 Å². The van der Waals surface area contributed by atoms with E-state index in [0.717, 1.165) is 10.2 Å². The van der Waals surface area contributed by atoms with E-state index in [9.17, 15) is 0 Å². The lowest BCUT2D eigenvalue weighted by Crippen LogP contribution is -1.83. The quantitative estimate of drug-likeness (QED) is 0.663. The van der Waals surface area contributed by atoms with Gasteiger partial charge in [-0.05, 0) is 6.07 Å². The summed E-state index contributed by atoms with van der Waals surface area (Å²) in [5, 5.41) is 10.4. The molecule has 4 heteroatoms. The van der Waals surface area contributed by atoms with Crippen molar-refractivity contribution in [3.05, 3.63) is 23.2 Å². The molecule has 0 aliphatic heterocycles. The maximum absolute atomic E-state index is 8.59. The third-order valence-electron chi connectivity index (χ3n) is 1.57. The monoisotopic (exact) mass is 175 g/mol. The van der Waals surface area contributed by atoms with Crippen molar-refractivity contribution >= 4 is 27.2 Å². The Balaban J connectivity index is 2.80. The Morgan fingerprint density at radius 1 is 1.58 bits per heavy atom. The molecule has 2 aromatic rings. The second-order valence-electron chi connectivity index (χ2n) is 2.37. The summed E-state index contributed by atoms with van der Waals surface area (Å²) in [6.07, 6.45) is 1.53. The first kappa shape index (κ1) is 7.07. The van der Waals surface area contributed by atoms with E-state index in [-0.39, 0.29) is 0 Å². The second kappa shape index (κ2) is 2.47. The van der Waals surface area contributed by atoms with E-state index >= 15 is 0 Å². The molecule has 3 nitrogen and oxygen atoms in total. The van der Waals surface area contributed by atoms with Crippen LogP contribution in [0.2, 0.25) is 0 Å². The molecule has 0 aromatic carbocycles. The van der Waals surface area contributed by atoms with Gasteiger partial charge < -0.3 is 5.73 Å². The van der Waals surface area contributed by atoms with Crippen molar-refractivity contribution in [3.63, 3.8) is 0 Å². The van der Waals surface area contributed by atoms with Gasteiger partial charge in [0.1, 0.15) is 11.6 Å². The predicted molar refractivity (Wildman–Crippen MR) is 48.7 cm³/mol. The van der Waals surface area contributed by atoms with Gasteiger partial charge in [0.05, 0.1) is 16.0 Å². The van der Waals surface area contributed by atoms with Crippen LogP contribution in [0.15, 0.2) is 17.6 Å². The van der Waals surface area contributed by atoms with E-state index < -0.39 is 0 Å². The largest absolute Gasteiger partial charge is 0.396 e. The fourth-order valence-corrected chi connectivity index (χ4v) is 1.84. The van der Waals surface area contributed by atoms with E-state index in [1.54, 1.807) is 6.07 Å². The Labute approximate surface area is 73.1 Å². The zero-order valence-electron chi connectivity index (χ0n) is 6.11. The average Bonchev–Trinajstić information content (AvgIpc) is 2.47. The lowest BCUT2D eigenvalue weighted by atomic mass is 10.3. The molecule has 0 fully saturated rings. The van der Waals surface area contributed by atoms with Crippen LogP contribution in [0.1, 0.15) is 5.56 Å². The SMILES string of the molecule is N#Cc1cnc2c(N)csc2c1. The minimum absolute atomic E-state index is 0.573. The molecule has 2 heterocycles. The van der Waals surface area contributed by atoms with Crippen molar-refractivity contribution in [2.75, 3.05) is 5.73 Å². The number of nitrogens with zero attached hydrogens (tertiary/aromatic N) is 2. The maximum atomic E-state index is 8.59. The highest BCUT2D eigenvalue weighted by Gasteiger charge is 2.02. The predicted octanol–water partition coefficient (Wildman–Crippen LogP) is 1.75. The number of pyridine rings is 1. The molecule has 0 unspecified atom stereocenters. The second-order valence-corrected chi connectivity index (χ2v) is 3.28. The summed E-state index contributed by atoms with van der Waals surface area (Å²) in [5.41, 5.74) is 7.68. The van der Waals surface area contributed by atoms with Crippen LogP contribution in [0.4, 0.5) is 5.69 Å². The Kier molecular flexibility index (Phi) is 1.45. The number of thiophene rings is 1. The van der Waals surface area contributed by atoms with Gasteiger partial charge in [-0.2, -0.15) is 5.26 Å². The Hall–Kier alpha value is -1.60. The molecule has 0 radical (unpaired) electrons. The summed E-state index contributed by atoms with van der Waals surface area (Å²) in [4.78, 5) is 4.07. The lowest BCUT2D eigenvalue weighted by Gasteiger charge is -1.90. The van der Waals surface area contributed by atoms with Gasteiger partial charge in [0.2, 0.25) is 0 Å². The van der Waals surface area contributed by atoms with Crippen molar-refractivity contribution in [2.45, 2.75) is 0 Å². The van der Waals surface area contributed by atoms with Gasteiger partial charge >= 0.3 is 0 Å². The molecule has 2 aromatic heterocycles. The highest BCUT2D eigenvalue weighted by atomic mass is 32.1. The van der Waals surface area contributed by atoms with Crippen molar-refractivity contribution in [1.29, 1.82) is 5.26 Å². The molecular weight excluding hydrogens is 170 g/mol. The average molecular weight is 175 g/mol. The summed E-state index contributed by atoms with van der Waals surface area (Å²) in [6.45, 7) is 0. The van der Waals surface area contributed by atoms with Crippen molar-refractivity contribution in [2.24, 2.45) is 0 Å². The zero-order valence-corrected chi connectivity index (χ0v) is 6.93. The van der Waals surface area contributed by atoms with Gasteiger partial charge in [-0.25, -0.2) is 0 Å². The molecule has 0 amide bonds. The summed E-state index contributed by atoms with van der Waals surface area (Å²) < 4.78 is 0.964. The standard InChI is InChI=1S/C8H5N3S/c9-2-5-1-7-8(11-3-5)6(10)4-12-7/h1,3-4H,10H2. The van der Waals surface area contributed by atoms with Crippen LogP contribution < -0.4 is 5.73 Å². The number of anilines is 1. The van der Waals surface area contributed by atoms with Crippen LogP contribution in [-0.4, -0.2) is 4.98 Å². The number of nitrogen functional groups attached to an aromatic ring is 1. The van der Waals surface area contributed by atoms with E-state index in [4.69, 9.17) is 11.0 Å². The Morgan fingerprint density at radius 3 is 3.17 bits per heavy atom. The molecule has 0 saturated carbocycles. The zero-order chi connectivity index (χ0) is 8.55. The number of nitriles is 1. The summed E-state index contributed by atoms with van der Waals surface area (Å²) in [6, 6.07) is 3.83. The van der Waals surface area contributed by atoms with Crippen molar-refractivity contribution in [3.8, 4) is 6.07 Å². The fourth-order valence-electron chi connectivity index (χ4n) is 0.995. The highest BCUT2D eigenvalue weighted by molar-refractivity contribution is 7.17. The number of aromatic nitrogens is 1. The van der Waals surface area contributed by atoms with Crippen LogP contribution >= 0.6 is 11.3 Å². The molecule has 0 bridgehead atoms. The third-order valence-corrected chi connectivity index (χ3v) is 2.51. The first-order chi connectivity index (χ1) is 5.81. The molecule has 2 N–H and O–H groups in total. The molecule has 0 aliphatic rings. The first-order valence-corrected chi connectivity index (χ1v) is 4.22. The molecule has 0 atom stereocenters. The number of hydrogen-bond donors (Lipinski definition) is 1. The Morgan fingerprint density at radius 2 is 2.42 bits per heavy atom. The first-order valence-electron chi connectivity index (χ1n) is 3.34. The molecule has 0 spiro atoms. The van der Waals surface area contributed by atoms with Crippen LogP contribution in [0.25, 0.3) is 10.2 Å². The van der Waals surface area contributed by atoms with Gasteiger partial charge in [-0.1, -0.05) is 0 Å². The van der Waals surface area contributed by atoms with Crippen molar-refractivity contribution in [1.82, 2.24) is 4.98 Å². The molecule has 12 heavy (non-hydrogen) atoms. The third kappa shape index (κ3) is 0.917. The summed E-state index contributed by atoms with van der Waals surface area (Å²) >= 11 is 1.50. The molecule has 58 valence electrons. The summed E-state index contributed by atoms with van der Waals surface area (Å²) in [5.74, 6) is 0. The van der Waals surface area contributed by atoms with E-state index in [2.05, 4.69) is 4.98 Å². The van der Waals surface area contributed by atoms with Crippen LogP contribution in [0, 0.1) is 11.3 Å². The van der Waals surface area contributed by atoms with Gasteiger partial charge in [0, 0.05) is 11.6 Å². The molecule has 2 rings (SSSR count). The van der Waals surface area contributed by atoms with E-state index in [1.165, 1.54) is 17.5 Å². The van der Waals surface area contributed by atoms with Crippen LogP contribution in [0.5, 0.6) is 0 Å². The van der Waals surface area contributed by atoms with Crippen molar-refractivity contribution < 1.29 is 0 Å². The molecule has 0 saturated heterocycles. The number of hydrogen-bond acceptors (Lipinski definition) is 4. The number of nitrogens with two attached hydrogens (primary N) is 1. The Bertz CT molecular complexity index is 467. The summed E-state index contributed by atoms with van der Waals surface area (Å²) in [7, 11) is 0. The van der Waals surface area contributed by atoms with E-state index in [1.807, 2.05) is 11.4 Å². The van der Waals surface area contributed by atoms with Crippen LogP contribution in [-0.2, 0) is 0 Å². The van der Waals surface area contributed by atoms with E-state index in [0.29, 0.717) is 11.3 Å². The van der Waals surface area contributed by atoms with Gasteiger partial charge in [-0.15, -0.1) is 11.3 Å². The smallest absolute Gasteiger partial charge is 0.104 e. The lowest BCUT2D eigenvalue weighted by molar-refractivity contribution is 1.38. The minimum Gasteiger partial charge on any atom is -0.396 e. The molecular formula is C8H5N3S.